The number of nitrogens with one attached hydrogen (secondary N) is 1. The lowest BCUT2D eigenvalue weighted by Crippen LogP contribution is -2.46. The van der Waals surface area contributed by atoms with Crippen LogP contribution in [0.15, 0.2) is 22.7 Å². The minimum atomic E-state index is -0.924. The molecule has 1 aliphatic rings. The van der Waals surface area contributed by atoms with E-state index in [0.717, 1.165) is 25.3 Å². The first-order valence-electron chi connectivity index (χ1n) is 7.85. The second-order valence-corrected chi connectivity index (χ2v) is 6.90. The van der Waals surface area contributed by atoms with Gasteiger partial charge in [-0.05, 0) is 59.8 Å². The van der Waals surface area contributed by atoms with Crippen LogP contribution in [0.5, 0.6) is 0 Å². The molecule has 1 N–H and O–H groups in total. The molecule has 3 unspecified atom stereocenters. The van der Waals surface area contributed by atoms with Crippen molar-refractivity contribution in [1.29, 1.82) is 0 Å². The van der Waals surface area contributed by atoms with Crippen LogP contribution in [-0.4, -0.2) is 24.0 Å². The molecule has 6 heteroatoms. The molecule has 4 nitrogen and oxygen atoms in total. The minimum absolute atomic E-state index is 0.0654. The molecule has 0 aliphatic heterocycles. The average molecular weight is 386 g/mol. The second-order valence-electron chi connectivity index (χ2n) is 6.05. The Morgan fingerprint density at radius 1 is 1.35 bits per heavy atom. The molecule has 0 spiro atoms. The number of ether oxygens (including phenoxy) is 1. The summed E-state index contributed by atoms with van der Waals surface area (Å²) in [6.07, 6.45) is 3.40. The van der Waals surface area contributed by atoms with E-state index in [1.54, 1.807) is 0 Å². The van der Waals surface area contributed by atoms with Gasteiger partial charge in [-0.15, -0.1) is 0 Å². The third-order valence-corrected chi connectivity index (χ3v) is 4.93. The van der Waals surface area contributed by atoms with Crippen molar-refractivity contribution >= 4 is 27.8 Å². The Balaban J connectivity index is 1.94. The maximum absolute atomic E-state index is 13.2. The van der Waals surface area contributed by atoms with E-state index in [4.69, 9.17) is 4.74 Å². The Kier molecular flexibility index (Phi) is 6.16. The van der Waals surface area contributed by atoms with Gasteiger partial charge in [-0.3, -0.25) is 4.79 Å². The molecule has 0 radical (unpaired) electrons. The van der Waals surface area contributed by atoms with E-state index in [1.807, 2.05) is 0 Å². The highest BCUT2D eigenvalue weighted by molar-refractivity contribution is 9.10. The Morgan fingerprint density at radius 2 is 2.04 bits per heavy atom. The molecule has 126 valence electrons. The van der Waals surface area contributed by atoms with Crippen molar-refractivity contribution in [2.75, 3.05) is 0 Å². The van der Waals surface area contributed by atoms with Crippen molar-refractivity contribution in [3.8, 4) is 0 Å². The predicted molar refractivity (Wildman–Crippen MR) is 88.5 cm³/mol. The van der Waals surface area contributed by atoms with E-state index >= 15 is 0 Å². The van der Waals surface area contributed by atoms with Crippen molar-refractivity contribution in [3.63, 3.8) is 0 Å². The van der Waals surface area contributed by atoms with Gasteiger partial charge in [0.15, 0.2) is 6.10 Å². The molecular weight excluding hydrogens is 365 g/mol. The van der Waals surface area contributed by atoms with Gasteiger partial charge >= 0.3 is 5.97 Å². The lowest BCUT2D eigenvalue weighted by molar-refractivity contribution is -0.130. The van der Waals surface area contributed by atoms with E-state index in [1.165, 1.54) is 25.5 Å². The Hall–Kier alpha value is -1.43. The fourth-order valence-corrected chi connectivity index (χ4v) is 3.17. The van der Waals surface area contributed by atoms with Gasteiger partial charge in [0.1, 0.15) is 5.82 Å². The number of rotatable bonds is 4. The minimum Gasteiger partial charge on any atom is -0.449 e. The maximum Gasteiger partial charge on any atom is 0.340 e. The quantitative estimate of drug-likeness (QED) is 0.801. The molecule has 1 aliphatic carbocycles. The van der Waals surface area contributed by atoms with Gasteiger partial charge < -0.3 is 10.1 Å². The Labute approximate surface area is 143 Å². The van der Waals surface area contributed by atoms with Crippen molar-refractivity contribution < 1.29 is 18.7 Å². The van der Waals surface area contributed by atoms with Crippen LogP contribution in [0.1, 0.15) is 49.9 Å². The molecule has 1 aromatic carbocycles. The van der Waals surface area contributed by atoms with E-state index in [0.29, 0.717) is 10.4 Å². The van der Waals surface area contributed by atoms with Crippen LogP contribution in [0.4, 0.5) is 4.39 Å². The number of amides is 1. The molecule has 1 fully saturated rings. The molecule has 23 heavy (non-hydrogen) atoms. The van der Waals surface area contributed by atoms with Gasteiger partial charge in [-0.1, -0.05) is 19.8 Å². The van der Waals surface area contributed by atoms with Crippen molar-refractivity contribution in [2.45, 2.75) is 51.7 Å². The standard InChI is InChI=1S/C17H21BrFNO3/c1-10-5-3-4-6-15(10)20-16(21)11(2)23-17(22)13-9-12(19)7-8-14(13)18/h7-11,15H,3-6H2,1-2H3,(H,20,21). The topological polar surface area (TPSA) is 55.4 Å². The number of benzene rings is 1. The van der Waals surface area contributed by atoms with Crippen molar-refractivity contribution in [1.82, 2.24) is 5.32 Å². The van der Waals surface area contributed by atoms with E-state index in [2.05, 4.69) is 28.2 Å². The first-order valence-corrected chi connectivity index (χ1v) is 8.64. The zero-order valence-corrected chi connectivity index (χ0v) is 14.9. The first-order chi connectivity index (χ1) is 10.9. The molecule has 3 atom stereocenters. The smallest absolute Gasteiger partial charge is 0.340 e. The molecular formula is C17H21BrFNO3. The molecule has 2 rings (SSSR count). The van der Waals surface area contributed by atoms with Crippen LogP contribution in [0, 0.1) is 11.7 Å². The molecule has 0 saturated heterocycles. The van der Waals surface area contributed by atoms with Crippen LogP contribution in [0.3, 0.4) is 0 Å². The fourth-order valence-electron chi connectivity index (χ4n) is 2.76. The predicted octanol–water partition coefficient (Wildman–Crippen LogP) is 3.83. The molecule has 1 saturated carbocycles. The number of halogens is 2. The van der Waals surface area contributed by atoms with Gasteiger partial charge in [0, 0.05) is 10.5 Å². The van der Waals surface area contributed by atoms with Crippen molar-refractivity contribution in [3.05, 3.63) is 34.1 Å². The summed E-state index contributed by atoms with van der Waals surface area (Å²) in [5.74, 6) is -1.15. The lowest BCUT2D eigenvalue weighted by Gasteiger charge is -2.30. The summed E-state index contributed by atoms with van der Waals surface area (Å²) in [4.78, 5) is 24.3. The van der Waals surface area contributed by atoms with Gasteiger partial charge in [-0.25, -0.2) is 9.18 Å². The summed E-state index contributed by atoms with van der Waals surface area (Å²) in [5.41, 5.74) is 0.0654. The zero-order chi connectivity index (χ0) is 17.0. The van der Waals surface area contributed by atoms with E-state index in [-0.39, 0.29) is 17.5 Å². The number of esters is 1. The lowest BCUT2D eigenvalue weighted by atomic mass is 9.86. The summed E-state index contributed by atoms with van der Waals surface area (Å²) in [6.45, 7) is 3.64. The summed E-state index contributed by atoms with van der Waals surface area (Å²) >= 11 is 3.18. The number of carbonyl (C=O) groups excluding carboxylic acids is 2. The van der Waals surface area contributed by atoms with Crippen molar-refractivity contribution in [2.24, 2.45) is 5.92 Å². The van der Waals surface area contributed by atoms with Crippen LogP contribution >= 0.6 is 15.9 Å². The summed E-state index contributed by atoms with van der Waals surface area (Å²) in [5, 5.41) is 2.95. The van der Waals surface area contributed by atoms with Crippen LogP contribution in [-0.2, 0) is 9.53 Å². The number of hydrogen-bond donors (Lipinski definition) is 1. The monoisotopic (exact) mass is 385 g/mol. The summed E-state index contributed by atoms with van der Waals surface area (Å²) in [7, 11) is 0. The Bertz CT molecular complexity index is 593. The third-order valence-electron chi connectivity index (χ3n) is 4.24. The maximum atomic E-state index is 13.2. The first kappa shape index (κ1) is 17.9. The molecule has 1 aromatic rings. The van der Waals surface area contributed by atoms with E-state index in [9.17, 15) is 14.0 Å². The second kappa shape index (κ2) is 7.90. The number of carbonyl (C=O) groups is 2. The highest BCUT2D eigenvalue weighted by Crippen LogP contribution is 2.24. The normalized spacial score (nSPS) is 22.3. The van der Waals surface area contributed by atoms with Crippen LogP contribution < -0.4 is 5.32 Å². The van der Waals surface area contributed by atoms with Crippen LogP contribution in [0.2, 0.25) is 0 Å². The Morgan fingerprint density at radius 3 is 2.74 bits per heavy atom. The largest absolute Gasteiger partial charge is 0.449 e. The number of hydrogen-bond acceptors (Lipinski definition) is 3. The summed E-state index contributed by atoms with van der Waals surface area (Å²) in [6, 6.07) is 3.88. The van der Waals surface area contributed by atoms with Gasteiger partial charge in [-0.2, -0.15) is 0 Å². The van der Waals surface area contributed by atoms with Gasteiger partial charge in [0.25, 0.3) is 5.91 Å². The van der Waals surface area contributed by atoms with Gasteiger partial charge in [0.2, 0.25) is 0 Å². The molecule has 1 amide bonds. The SMILES string of the molecule is CC(OC(=O)c1cc(F)ccc1Br)C(=O)NC1CCCCC1C. The highest BCUT2D eigenvalue weighted by Gasteiger charge is 2.27. The third kappa shape index (κ3) is 4.77. The zero-order valence-electron chi connectivity index (χ0n) is 13.3. The molecule has 0 heterocycles. The van der Waals surface area contributed by atoms with Crippen LogP contribution in [0.25, 0.3) is 0 Å². The van der Waals surface area contributed by atoms with Gasteiger partial charge in [0.05, 0.1) is 5.56 Å². The molecule has 0 aromatic heterocycles. The fraction of sp³-hybridized carbons (Fsp3) is 0.529. The van der Waals surface area contributed by atoms with E-state index < -0.39 is 17.9 Å². The average Bonchev–Trinajstić information content (AvgIpc) is 2.51. The molecule has 0 bridgehead atoms. The highest BCUT2D eigenvalue weighted by atomic mass is 79.9. The summed E-state index contributed by atoms with van der Waals surface area (Å²) < 4.78 is 18.8.